The van der Waals surface area contributed by atoms with Gasteiger partial charge in [-0.2, -0.15) is 0 Å². The Labute approximate surface area is 117 Å². The van der Waals surface area contributed by atoms with Crippen molar-refractivity contribution in [2.24, 2.45) is 0 Å². The molecule has 1 aromatic rings. The van der Waals surface area contributed by atoms with E-state index in [0.29, 0.717) is 6.54 Å². The van der Waals surface area contributed by atoms with E-state index in [-0.39, 0.29) is 11.9 Å². The van der Waals surface area contributed by atoms with Crippen LogP contribution in [0.25, 0.3) is 0 Å². The lowest BCUT2D eigenvalue weighted by Crippen LogP contribution is -2.37. The van der Waals surface area contributed by atoms with Gasteiger partial charge in [0.15, 0.2) is 0 Å². The van der Waals surface area contributed by atoms with Gasteiger partial charge in [-0.05, 0) is 47.3 Å². The molecule has 0 spiro atoms. The molecule has 0 atom stereocenters. The average Bonchev–Trinajstić information content (AvgIpc) is 2.37. The van der Waals surface area contributed by atoms with Crippen molar-refractivity contribution in [3.8, 4) is 0 Å². The van der Waals surface area contributed by atoms with Crippen molar-refractivity contribution in [3.63, 3.8) is 0 Å². The Bertz CT molecular complexity index is 403. The highest BCUT2D eigenvalue weighted by molar-refractivity contribution is 9.10. The molecule has 4 heteroatoms. The smallest absolute Gasteiger partial charge is 0.239 e. The molecule has 0 radical (unpaired) electrons. The summed E-state index contributed by atoms with van der Waals surface area (Å²) in [4.78, 5) is 11.8. The maximum absolute atomic E-state index is 11.8. The molecule has 18 heavy (non-hydrogen) atoms. The molecule has 0 bridgehead atoms. The van der Waals surface area contributed by atoms with Crippen molar-refractivity contribution >= 4 is 27.5 Å². The molecule has 0 aliphatic rings. The van der Waals surface area contributed by atoms with Gasteiger partial charge >= 0.3 is 0 Å². The van der Waals surface area contributed by atoms with Crippen molar-refractivity contribution in [3.05, 3.63) is 28.2 Å². The Hall–Kier alpha value is -1.03. The average molecular weight is 313 g/mol. The standard InChI is InChI=1S/C14H21BrN2O/c1-4-11(5-2)17-13(18)9-16-12-8-6-7-10(3)14(12)15/h6-8,11,16H,4-5,9H2,1-3H3,(H,17,18). The summed E-state index contributed by atoms with van der Waals surface area (Å²) in [6.45, 7) is 6.50. The van der Waals surface area contributed by atoms with Crippen LogP contribution in [0.3, 0.4) is 0 Å². The molecule has 0 aromatic heterocycles. The second kappa shape index (κ2) is 7.41. The van der Waals surface area contributed by atoms with Gasteiger partial charge in [0.2, 0.25) is 5.91 Å². The molecule has 0 saturated heterocycles. The lowest BCUT2D eigenvalue weighted by atomic mass is 10.2. The van der Waals surface area contributed by atoms with Crippen molar-refractivity contribution in [2.45, 2.75) is 39.7 Å². The van der Waals surface area contributed by atoms with E-state index in [1.807, 2.05) is 25.1 Å². The molecule has 0 aliphatic heterocycles. The Morgan fingerprint density at radius 2 is 2.00 bits per heavy atom. The minimum absolute atomic E-state index is 0.0390. The van der Waals surface area contributed by atoms with E-state index in [0.717, 1.165) is 28.6 Å². The highest BCUT2D eigenvalue weighted by atomic mass is 79.9. The van der Waals surface area contributed by atoms with Crippen molar-refractivity contribution in [1.82, 2.24) is 5.32 Å². The van der Waals surface area contributed by atoms with Crippen LogP contribution in [0.4, 0.5) is 5.69 Å². The summed E-state index contributed by atoms with van der Waals surface area (Å²) in [5, 5.41) is 6.15. The Morgan fingerprint density at radius 1 is 1.33 bits per heavy atom. The van der Waals surface area contributed by atoms with E-state index in [1.54, 1.807) is 0 Å². The monoisotopic (exact) mass is 312 g/mol. The van der Waals surface area contributed by atoms with E-state index in [4.69, 9.17) is 0 Å². The summed E-state index contributed by atoms with van der Waals surface area (Å²) >= 11 is 3.51. The molecule has 1 rings (SSSR count). The summed E-state index contributed by atoms with van der Waals surface area (Å²) < 4.78 is 1.01. The van der Waals surface area contributed by atoms with Gasteiger partial charge in [-0.3, -0.25) is 4.79 Å². The van der Waals surface area contributed by atoms with Crippen LogP contribution in [0, 0.1) is 6.92 Å². The normalized spacial score (nSPS) is 10.5. The molecule has 1 amide bonds. The minimum atomic E-state index is 0.0390. The van der Waals surface area contributed by atoms with Crippen LogP contribution in [0.15, 0.2) is 22.7 Å². The third-order valence-electron chi connectivity index (χ3n) is 2.98. The second-order valence-corrected chi connectivity index (χ2v) is 5.16. The van der Waals surface area contributed by atoms with Crippen molar-refractivity contribution in [2.75, 3.05) is 11.9 Å². The summed E-state index contributed by atoms with van der Waals surface area (Å²) in [6, 6.07) is 6.24. The molecule has 2 N–H and O–H groups in total. The molecule has 3 nitrogen and oxygen atoms in total. The van der Waals surface area contributed by atoms with E-state index < -0.39 is 0 Å². The first-order valence-electron chi connectivity index (χ1n) is 6.36. The Morgan fingerprint density at radius 3 is 2.61 bits per heavy atom. The maximum atomic E-state index is 11.8. The fourth-order valence-electron chi connectivity index (χ4n) is 1.73. The number of rotatable bonds is 6. The number of hydrogen-bond acceptors (Lipinski definition) is 2. The highest BCUT2D eigenvalue weighted by Gasteiger charge is 2.09. The van der Waals surface area contributed by atoms with Gasteiger partial charge in [0.1, 0.15) is 0 Å². The lowest BCUT2D eigenvalue weighted by molar-refractivity contribution is -0.120. The van der Waals surface area contributed by atoms with Crippen LogP contribution in [-0.2, 0) is 4.79 Å². The summed E-state index contributed by atoms with van der Waals surface area (Å²) in [5.74, 6) is 0.0390. The number of benzene rings is 1. The quantitative estimate of drug-likeness (QED) is 0.844. The highest BCUT2D eigenvalue weighted by Crippen LogP contribution is 2.25. The molecule has 1 aromatic carbocycles. The molecule has 0 saturated carbocycles. The van der Waals surface area contributed by atoms with Crippen LogP contribution in [0.5, 0.6) is 0 Å². The number of carbonyl (C=O) groups is 1. The summed E-state index contributed by atoms with van der Waals surface area (Å²) in [5.41, 5.74) is 2.11. The Balaban J connectivity index is 2.50. The fourth-order valence-corrected chi connectivity index (χ4v) is 2.14. The van der Waals surface area contributed by atoms with E-state index in [9.17, 15) is 4.79 Å². The van der Waals surface area contributed by atoms with Gasteiger partial charge in [-0.15, -0.1) is 0 Å². The fraction of sp³-hybridized carbons (Fsp3) is 0.500. The number of aryl methyl sites for hydroxylation is 1. The first-order valence-corrected chi connectivity index (χ1v) is 7.16. The first-order chi connectivity index (χ1) is 8.58. The van der Waals surface area contributed by atoms with Crippen molar-refractivity contribution in [1.29, 1.82) is 0 Å². The van der Waals surface area contributed by atoms with E-state index in [2.05, 4.69) is 40.4 Å². The molecule has 0 fully saturated rings. The van der Waals surface area contributed by atoms with Gasteiger partial charge < -0.3 is 10.6 Å². The summed E-state index contributed by atoms with van der Waals surface area (Å²) in [6.07, 6.45) is 1.94. The van der Waals surface area contributed by atoms with Crippen LogP contribution in [0.2, 0.25) is 0 Å². The van der Waals surface area contributed by atoms with Gasteiger partial charge in [0.05, 0.1) is 6.54 Å². The van der Waals surface area contributed by atoms with Gasteiger partial charge in [-0.25, -0.2) is 0 Å². The van der Waals surface area contributed by atoms with E-state index >= 15 is 0 Å². The van der Waals surface area contributed by atoms with Gasteiger partial charge in [-0.1, -0.05) is 26.0 Å². The largest absolute Gasteiger partial charge is 0.375 e. The third kappa shape index (κ3) is 4.33. The van der Waals surface area contributed by atoms with Crippen LogP contribution >= 0.6 is 15.9 Å². The first kappa shape index (κ1) is 15.0. The molecule has 0 aliphatic carbocycles. The molecular weight excluding hydrogens is 292 g/mol. The number of anilines is 1. The predicted octanol–water partition coefficient (Wildman–Crippen LogP) is 3.47. The van der Waals surface area contributed by atoms with Gasteiger partial charge in [0.25, 0.3) is 0 Å². The lowest BCUT2D eigenvalue weighted by Gasteiger charge is -2.16. The molecule has 0 unspecified atom stereocenters. The minimum Gasteiger partial charge on any atom is -0.375 e. The zero-order valence-corrected chi connectivity index (χ0v) is 12.8. The van der Waals surface area contributed by atoms with E-state index in [1.165, 1.54) is 0 Å². The molecular formula is C14H21BrN2O. The molecule has 100 valence electrons. The number of amides is 1. The predicted molar refractivity (Wildman–Crippen MR) is 79.9 cm³/mol. The van der Waals surface area contributed by atoms with Crippen LogP contribution < -0.4 is 10.6 Å². The van der Waals surface area contributed by atoms with Crippen LogP contribution in [-0.4, -0.2) is 18.5 Å². The van der Waals surface area contributed by atoms with Crippen molar-refractivity contribution < 1.29 is 4.79 Å². The van der Waals surface area contributed by atoms with Gasteiger partial charge in [0, 0.05) is 16.2 Å². The maximum Gasteiger partial charge on any atom is 0.239 e. The zero-order valence-electron chi connectivity index (χ0n) is 11.2. The zero-order chi connectivity index (χ0) is 13.5. The number of carbonyl (C=O) groups excluding carboxylic acids is 1. The topological polar surface area (TPSA) is 41.1 Å². The third-order valence-corrected chi connectivity index (χ3v) is 4.03. The number of nitrogens with one attached hydrogen (secondary N) is 2. The SMILES string of the molecule is CCC(CC)NC(=O)CNc1cccc(C)c1Br. The number of halogens is 1. The molecule has 0 heterocycles. The second-order valence-electron chi connectivity index (χ2n) is 4.37. The van der Waals surface area contributed by atoms with Crippen LogP contribution in [0.1, 0.15) is 32.3 Å². The number of hydrogen-bond donors (Lipinski definition) is 2. The Kier molecular flexibility index (Phi) is 6.19. The summed E-state index contributed by atoms with van der Waals surface area (Å²) in [7, 11) is 0.